The number of carbonyl (C=O) groups is 3. The Balaban J connectivity index is 1.33. The van der Waals surface area contributed by atoms with Crippen LogP contribution in [0.15, 0.2) is 30.5 Å². The number of nitrogens with one attached hydrogen (secondary N) is 2. The second kappa shape index (κ2) is 7.42. The summed E-state index contributed by atoms with van der Waals surface area (Å²) in [5.74, 6) is -0.152. The number of hydrogen-bond donors (Lipinski definition) is 2. The zero-order valence-electron chi connectivity index (χ0n) is 15.2. The second-order valence-corrected chi connectivity index (χ2v) is 7.23. The molecule has 4 amide bonds. The molecule has 27 heavy (non-hydrogen) atoms. The summed E-state index contributed by atoms with van der Waals surface area (Å²) in [5, 5.41) is 3.83. The minimum Gasteiger partial charge on any atom is -0.361 e. The number of para-hydroxylation sites is 1. The number of fused-ring (bicyclic) bond motifs is 1. The van der Waals surface area contributed by atoms with Gasteiger partial charge in [-0.3, -0.25) is 14.5 Å². The highest BCUT2D eigenvalue weighted by molar-refractivity contribution is 6.04. The lowest BCUT2D eigenvalue weighted by atomic mass is 10.1. The fourth-order valence-electron chi connectivity index (χ4n) is 3.95. The number of benzene rings is 1. The van der Waals surface area contributed by atoms with Gasteiger partial charge in [0.15, 0.2) is 0 Å². The standard InChI is InChI=1S/C20H24N4O3/c25-18(23-10-3-4-11-23)8-7-17-19(26)24(20(27)22-17)12-9-14-13-21-16-6-2-1-5-15(14)16/h1-2,5-6,13,17,21H,3-4,7-12H2,(H,22,27)/t17-/m1/s1. The van der Waals surface area contributed by atoms with Crippen molar-refractivity contribution >= 4 is 28.7 Å². The van der Waals surface area contributed by atoms with Gasteiger partial charge in [-0.25, -0.2) is 4.79 Å². The molecule has 0 aliphatic carbocycles. The Morgan fingerprint density at radius 2 is 1.93 bits per heavy atom. The first-order valence-corrected chi connectivity index (χ1v) is 9.58. The van der Waals surface area contributed by atoms with Crippen LogP contribution in [0.5, 0.6) is 0 Å². The van der Waals surface area contributed by atoms with E-state index >= 15 is 0 Å². The molecular weight excluding hydrogens is 344 g/mol. The van der Waals surface area contributed by atoms with Gasteiger partial charge in [0.25, 0.3) is 5.91 Å². The molecule has 0 unspecified atom stereocenters. The van der Waals surface area contributed by atoms with Crippen LogP contribution >= 0.6 is 0 Å². The van der Waals surface area contributed by atoms with Gasteiger partial charge in [-0.2, -0.15) is 0 Å². The van der Waals surface area contributed by atoms with Gasteiger partial charge in [0.05, 0.1) is 0 Å². The molecule has 2 saturated heterocycles. The first-order chi connectivity index (χ1) is 13.1. The summed E-state index contributed by atoms with van der Waals surface area (Å²) >= 11 is 0. The number of urea groups is 1. The fraction of sp³-hybridized carbons (Fsp3) is 0.450. The molecule has 0 radical (unpaired) electrons. The molecule has 0 bridgehead atoms. The summed E-state index contributed by atoms with van der Waals surface area (Å²) < 4.78 is 0. The number of hydrogen-bond acceptors (Lipinski definition) is 3. The minimum atomic E-state index is -0.591. The number of carbonyl (C=O) groups excluding carboxylic acids is 3. The van der Waals surface area contributed by atoms with E-state index in [2.05, 4.69) is 10.3 Å². The molecule has 7 heteroatoms. The Kier molecular flexibility index (Phi) is 4.83. The largest absolute Gasteiger partial charge is 0.361 e. The molecule has 0 saturated carbocycles. The number of likely N-dealkylation sites (tertiary alicyclic amines) is 1. The average Bonchev–Trinajstić information content (AvgIpc) is 3.39. The summed E-state index contributed by atoms with van der Waals surface area (Å²) in [6.45, 7) is 1.95. The van der Waals surface area contributed by atoms with E-state index in [0.29, 0.717) is 25.8 Å². The zero-order valence-corrected chi connectivity index (χ0v) is 15.2. The van der Waals surface area contributed by atoms with Gasteiger partial charge in [0.2, 0.25) is 5.91 Å². The smallest absolute Gasteiger partial charge is 0.324 e. The van der Waals surface area contributed by atoms with Crippen molar-refractivity contribution in [3.05, 3.63) is 36.0 Å². The van der Waals surface area contributed by atoms with E-state index in [-0.39, 0.29) is 17.8 Å². The maximum Gasteiger partial charge on any atom is 0.324 e. The molecular formula is C20H24N4O3. The molecule has 2 aliphatic rings. The van der Waals surface area contributed by atoms with Crippen molar-refractivity contribution in [2.45, 2.75) is 38.1 Å². The predicted octanol–water partition coefficient (Wildman–Crippen LogP) is 2.03. The van der Waals surface area contributed by atoms with Gasteiger partial charge < -0.3 is 15.2 Å². The van der Waals surface area contributed by atoms with Crippen LogP contribution in [0.4, 0.5) is 4.79 Å². The molecule has 4 rings (SSSR count). The molecule has 2 aliphatic heterocycles. The fourth-order valence-corrected chi connectivity index (χ4v) is 3.95. The maximum atomic E-state index is 12.6. The van der Waals surface area contributed by atoms with Crippen LogP contribution in [0.3, 0.4) is 0 Å². The lowest BCUT2D eigenvalue weighted by Gasteiger charge is -2.16. The average molecular weight is 368 g/mol. The van der Waals surface area contributed by atoms with Crippen LogP contribution in [-0.2, 0) is 16.0 Å². The van der Waals surface area contributed by atoms with Gasteiger partial charge in [-0.05, 0) is 37.3 Å². The molecule has 3 heterocycles. The van der Waals surface area contributed by atoms with Crippen molar-refractivity contribution in [3.8, 4) is 0 Å². The highest BCUT2D eigenvalue weighted by atomic mass is 16.2. The second-order valence-electron chi connectivity index (χ2n) is 7.23. The van der Waals surface area contributed by atoms with Crippen molar-refractivity contribution in [1.29, 1.82) is 0 Å². The molecule has 2 aromatic rings. The molecule has 1 atom stereocenters. The van der Waals surface area contributed by atoms with E-state index in [9.17, 15) is 14.4 Å². The number of rotatable bonds is 6. The summed E-state index contributed by atoms with van der Waals surface area (Å²) in [4.78, 5) is 43.3. The first-order valence-electron chi connectivity index (χ1n) is 9.58. The summed E-state index contributed by atoms with van der Waals surface area (Å²) in [5.41, 5.74) is 2.13. The van der Waals surface area contributed by atoms with E-state index in [1.165, 1.54) is 4.90 Å². The van der Waals surface area contributed by atoms with Crippen LogP contribution in [0.2, 0.25) is 0 Å². The first kappa shape index (κ1) is 17.6. The third-order valence-electron chi connectivity index (χ3n) is 5.49. The van der Waals surface area contributed by atoms with Crippen molar-refractivity contribution < 1.29 is 14.4 Å². The molecule has 2 fully saturated rings. The third kappa shape index (κ3) is 3.54. The van der Waals surface area contributed by atoms with Crippen LogP contribution in [0.25, 0.3) is 10.9 Å². The number of aromatic amines is 1. The number of H-pyrrole nitrogens is 1. The van der Waals surface area contributed by atoms with Gasteiger partial charge in [-0.15, -0.1) is 0 Å². The Bertz CT molecular complexity index is 869. The number of nitrogens with zero attached hydrogens (tertiary/aromatic N) is 2. The highest BCUT2D eigenvalue weighted by Gasteiger charge is 2.37. The SMILES string of the molecule is O=C(CC[C@H]1NC(=O)N(CCc2c[nH]c3ccccc23)C1=O)N1CCCC1. The van der Waals surface area contributed by atoms with Gasteiger partial charge in [0.1, 0.15) is 6.04 Å². The van der Waals surface area contributed by atoms with E-state index < -0.39 is 6.04 Å². The van der Waals surface area contributed by atoms with Crippen LogP contribution in [0, 0.1) is 0 Å². The van der Waals surface area contributed by atoms with Gasteiger partial charge in [0, 0.05) is 43.2 Å². The monoisotopic (exact) mass is 368 g/mol. The zero-order chi connectivity index (χ0) is 18.8. The van der Waals surface area contributed by atoms with Gasteiger partial charge >= 0.3 is 6.03 Å². The van der Waals surface area contributed by atoms with E-state index in [4.69, 9.17) is 0 Å². The summed E-state index contributed by atoms with van der Waals surface area (Å²) in [6, 6.07) is 7.01. The number of amides is 4. The Hall–Kier alpha value is -2.83. The Morgan fingerprint density at radius 1 is 1.15 bits per heavy atom. The van der Waals surface area contributed by atoms with Crippen molar-refractivity contribution in [3.63, 3.8) is 0 Å². The van der Waals surface area contributed by atoms with Crippen molar-refractivity contribution in [2.24, 2.45) is 0 Å². The number of aromatic nitrogens is 1. The third-order valence-corrected chi connectivity index (χ3v) is 5.49. The molecule has 142 valence electrons. The van der Waals surface area contributed by atoms with E-state index in [1.807, 2.05) is 35.4 Å². The van der Waals surface area contributed by atoms with E-state index in [0.717, 1.165) is 42.4 Å². The molecule has 2 N–H and O–H groups in total. The van der Waals surface area contributed by atoms with Crippen molar-refractivity contribution in [2.75, 3.05) is 19.6 Å². The minimum absolute atomic E-state index is 0.0757. The quantitative estimate of drug-likeness (QED) is 0.765. The molecule has 1 aromatic heterocycles. The van der Waals surface area contributed by atoms with Crippen molar-refractivity contribution in [1.82, 2.24) is 20.1 Å². The normalized spacial score (nSPS) is 19.9. The van der Waals surface area contributed by atoms with Crippen LogP contribution < -0.4 is 5.32 Å². The number of imide groups is 1. The summed E-state index contributed by atoms with van der Waals surface area (Å²) in [6.07, 6.45) is 5.29. The Labute approximate surface area is 157 Å². The van der Waals surface area contributed by atoms with Crippen LogP contribution in [-0.4, -0.2) is 58.3 Å². The molecule has 7 nitrogen and oxygen atoms in total. The van der Waals surface area contributed by atoms with Crippen LogP contribution in [0.1, 0.15) is 31.2 Å². The van der Waals surface area contributed by atoms with E-state index in [1.54, 1.807) is 0 Å². The topological polar surface area (TPSA) is 85.5 Å². The molecule has 1 aromatic carbocycles. The molecule has 0 spiro atoms. The maximum absolute atomic E-state index is 12.6. The highest BCUT2D eigenvalue weighted by Crippen LogP contribution is 2.20. The lowest BCUT2D eigenvalue weighted by molar-refractivity contribution is -0.131. The predicted molar refractivity (Wildman–Crippen MR) is 101 cm³/mol. The van der Waals surface area contributed by atoms with Gasteiger partial charge in [-0.1, -0.05) is 18.2 Å². The summed E-state index contributed by atoms with van der Waals surface area (Å²) in [7, 11) is 0. The Morgan fingerprint density at radius 3 is 2.74 bits per heavy atom. The lowest BCUT2D eigenvalue weighted by Crippen LogP contribution is -2.34.